The van der Waals surface area contributed by atoms with Gasteiger partial charge in [-0.05, 0) is 49.0 Å². The van der Waals surface area contributed by atoms with E-state index in [2.05, 4.69) is 5.32 Å². The summed E-state index contributed by atoms with van der Waals surface area (Å²) in [5.74, 6) is -1.16. The van der Waals surface area contributed by atoms with Gasteiger partial charge in [0, 0.05) is 19.3 Å². The van der Waals surface area contributed by atoms with Gasteiger partial charge in [-0.25, -0.2) is 8.78 Å². The van der Waals surface area contributed by atoms with Crippen molar-refractivity contribution >= 4 is 17.5 Å². The molecule has 0 radical (unpaired) electrons. The van der Waals surface area contributed by atoms with Crippen molar-refractivity contribution in [2.45, 2.75) is 6.54 Å². The average Bonchev–Trinajstić information content (AvgIpc) is 2.58. The third kappa shape index (κ3) is 6.25. The van der Waals surface area contributed by atoms with E-state index < -0.39 is 0 Å². The Morgan fingerprint density at radius 3 is 2.00 bits per heavy atom. The Morgan fingerprint density at radius 1 is 0.885 bits per heavy atom. The van der Waals surface area contributed by atoms with E-state index in [-0.39, 0.29) is 36.5 Å². The Labute approximate surface area is 151 Å². The molecule has 0 aliphatic carbocycles. The molecule has 1 N–H and O–H groups in total. The van der Waals surface area contributed by atoms with Gasteiger partial charge in [0.15, 0.2) is 0 Å². The molecule has 2 aromatic carbocycles. The lowest BCUT2D eigenvalue weighted by atomic mass is 10.2. The van der Waals surface area contributed by atoms with Gasteiger partial charge < -0.3 is 10.2 Å². The number of benzene rings is 2. The predicted molar refractivity (Wildman–Crippen MR) is 95.4 cm³/mol. The lowest BCUT2D eigenvalue weighted by Crippen LogP contribution is -2.39. The number of halogens is 2. The molecule has 0 atom stereocenters. The summed E-state index contributed by atoms with van der Waals surface area (Å²) in [5, 5.41) is 2.64. The Kier molecular flexibility index (Phi) is 6.80. The van der Waals surface area contributed by atoms with Crippen LogP contribution >= 0.6 is 0 Å². The van der Waals surface area contributed by atoms with Crippen LogP contribution in [0.4, 0.5) is 14.5 Å². The molecular weight excluding hydrogens is 340 g/mol. The summed E-state index contributed by atoms with van der Waals surface area (Å²) in [6.45, 7) is 0.441. The lowest BCUT2D eigenvalue weighted by molar-refractivity contribution is -0.131. The van der Waals surface area contributed by atoms with Crippen molar-refractivity contribution in [3.8, 4) is 0 Å². The highest BCUT2D eigenvalue weighted by Gasteiger charge is 2.14. The first-order chi connectivity index (χ1) is 12.3. The number of nitrogens with one attached hydrogen (secondary N) is 1. The van der Waals surface area contributed by atoms with Gasteiger partial charge in [-0.3, -0.25) is 14.5 Å². The fraction of sp³-hybridized carbons (Fsp3) is 0.263. The molecule has 7 heteroatoms. The Bertz CT molecular complexity index is 748. The Hall–Kier alpha value is -2.80. The van der Waals surface area contributed by atoms with Crippen LogP contribution in [0.3, 0.4) is 0 Å². The molecule has 2 amide bonds. The zero-order valence-electron chi connectivity index (χ0n) is 14.7. The van der Waals surface area contributed by atoms with Crippen molar-refractivity contribution in [2.75, 3.05) is 32.5 Å². The summed E-state index contributed by atoms with van der Waals surface area (Å²) in [7, 11) is 3.31. The van der Waals surface area contributed by atoms with Crippen molar-refractivity contribution in [2.24, 2.45) is 0 Å². The number of anilines is 1. The van der Waals surface area contributed by atoms with E-state index in [9.17, 15) is 18.4 Å². The Balaban J connectivity index is 1.79. The highest BCUT2D eigenvalue weighted by molar-refractivity contribution is 5.92. The van der Waals surface area contributed by atoms with Gasteiger partial charge in [-0.1, -0.05) is 12.1 Å². The second-order valence-electron chi connectivity index (χ2n) is 6.10. The first kappa shape index (κ1) is 19.5. The maximum Gasteiger partial charge on any atom is 0.238 e. The molecule has 26 heavy (non-hydrogen) atoms. The summed E-state index contributed by atoms with van der Waals surface area (Å²) in [6.07, 6.45) is 0. The molecule has 138 valence electrons. The molecule has 2 rings (SSSR count). The number of carbonyl (C=O) groups excluding carboxylic acids is 2. The van der Waals surface area contributed by atoms with E-state index in [0.29, 0.717) is 12.2 Å². The minimum absolute atomic E-state index is 0.0213. The summed E-state index contributed by atoms with van der Waals surface area (Å²) < 4.78 is 25.8. The van der Waals surface area contributed by atoms with E-state index >= 15 is 0 Å². The highest BCUT2D eigenvalue weighted by atomic mass is 19.1. The largest absolute Gasteiger partial charge is 0.340 e. The van der Waals surface area contributed by atoms with E-state index in [1.54, 1.807) is 31.1 Å². The van der Waals surface area contributed by atoms with Crippen LogP contribution in [0.1, 0.15) is 5.56 Å². The number of amides is 2. The minimum atomic E-state index is -0.380. The topological polar surface area (TPSA) is 52.7 Å². The quantitative estimate of drug-likeness (QED) is 0.824. The van der Waals surface area contributed by atoms with Crippen LogP contribution in [-0.4, -0.2) is 48.8 Å². The molecule has 0 aliphatic rings. The normalized spacial score (nSPS) is 10.7. The molecule has 0 spiro atoms. The third-order valence-electron chi connectivity index (χ3n) is 3.71. The maximum absolute atomic E-state index is 12.9. The number of likely N-dealkylation sites (N-methyl/N-ethyl adjacent to an activating group) is 2. The lowest BCUT2D eigenvalue weighted by Gasteiger charge is -2.21. The van der Waals surface area contributed by atoms with Crippen molar-refractivity contribution in [1.82, 2.24) is 9.80 Å². The number of hydrogen-bond acceptors (Lipinski definition) is 3. The SMILES string of the molecule is CN(CC(=O)Nc1ccc(F)cc1)CC(=O)N(C)Cc1ccc(F)cc1. The third-order valence-corrected chi connectivity index (χ3v) is 3.71. The molecule has 2 aromatic rings. The molecule has 0 fully saturated rings. The fourth-order valence-corrected chi connectivity index (χ4v) is 2.34. The molecule has 0 aromatic heterocycles. The average molecular weight is 361 g/mol. The molecule has 0 saturated carbocycles. The van der Waals surface area contributed by atoms with Crippen molar-refractivity contribution in [1.29, 1.82) is 0 Å². The summed E-state index contributed by atoms with van der Waals surface area (Å²) in [5.41, 5.74) is 1.31. The smallest absolute Gasteiger partial charge is 0.238 e. The van der Waals surface area contributed by atoms with Crippen molar-refractivity contribution < 1.29 is 18.4 Å². The van der Waals surface area contributed by atoms with Crippen LogP contribution in [-0.2, 0) is 16.1 Å². The van der Waals surface area contributed by atoms with Gasteiger partial charge in [-0.15, -0.1) is 0 Å². The van der Waals surface area contributed by atoms with Gasteiger partial charge in [0.2, 0.25) is 11.8 Å². The number of nitrogens with zero attached hydrogens (tertiary/aromatic N) is 2. The molecule has 0 heterocycles. The van der Waals surface area contributed by atoms with E-state index in [0.717, 1.165) is 5.56 Å². The molecule has 0 unspecified atom stereocenters. The van der Waals surface area contributed by atoms with Gasteiger partial charge in [-0.2, -0.15) is 0 Å². The molecular formula is C19H21F2N3O2. The monoisotopic (exact) mass is 361 g/mol. The van der Waals surface area contributed by atoms with Gasteiger partial charge >= 0.3 is 0 Å². The highest BCUT2D eigenvalue weighted by Crippen LogP contribution is 2.08. The second-order valence-corrected chi connectivity index (χ2v) is 6.10. The van der Waals surface area contributed by atoms with E-state index in [4.69, 9.17) is 0 Å². The molecule has 0 bridgehead atoms. The summed E-state index contributed by atoms with van der Waals surface area (Å²) in [4.78, 5) is 27.3. The number of hydrogen-bond donors (Lipinski definition) is 1. The van der Waals surface area contributed by atoms with Crippen LogP contribution in [0.25, 0.3) is 0 Å². The Morgan fingerprint density at radius 2 is 1.42 bits per heavy atom. The summed E-state index contributed by atoms with van der Waals surface area (Å²) in [6, 6.07) is 11.4. The van der Waals surface area contributed by atoms with Crippen molar-refractivity contribution in [3.63, 3.8) is 0 Å². The van der Waals surface area contributed by atoms with E-state index in [1.165, 1.54) is 41.3 Å². The van der Waals surface area contributed by atoms with Gasteiger partial charge in [0.05, 0.1) is 13.1 Å². The van der Waals surface area contributed by atoms with Gasteiger partial charge in [0.1, 0.15) is 11.6 Å². The van der Waals surface area contributed by atoms with Crippen LogP contribution < -0.4 is 5.32 Å². The number of carbonyl (C=O) groups is 2. The minimum Gasteiger partial charge on any atom is -0.340 e. The predicted octanol–water partition coefficient (Wildman–Crippen LogP) is 2.49. The zero-order chi connectivity index (χ0) is 19.1. The summed E-state index contributed by atoms with van der Waals surface area (Å²) >= 11 is 0. The fourth-order valence-electron chi connectivity index (χ4n) is 2.34. The second kappa shape index (κ2) is 9.05. The first-order valence-corrected chi connectivity index (χ1v) is 8.06. The van der Waals surface area contributed by atoms with Gasteiger partial charge in [0.25, 0.3) is 0 Å². The van der Waals surface area contributed by atoms with Crippen molar-refractivity contribution in [3.05, 3.63) is 65.7 Å². The van der Waals surface area contributed by atoms with Crippen LogP contribution in [0.2, 0.25) is 0 Å². The number of rotatable bonds is 7. The van der Waals surface area contributed by atoms with E-state index in [1.807, 2.05) is 0 Å². The zero-order valence-corrected chi connectivity index (χ0v) is 14.7. The molecule has 5 nitrogen and oxygen atoms in total. The van der Waals surface area contributed by atoms with Crippen LogP contribution in [0, 0.1) is 11.6 Å². The standard InChI is InChI=1S/C19H21F2N3O2/c1-23(12-18(25)22-17-9-7-16(21)8-10-17)13-19(26)24(2)11-14-3-5-15(20)6-4-14/h3-10H,11-13H2,1-2H3,(H,22,25). The maximum atomic E-state index is 12.9. The first-order valence-electron chi connectivity index (χ1n) is 8.06. The van der Waals surface area contributed by atoms with Crippen LogP contribution in [0.5, 0.6) is 0 Å². The molecule has 0 aliphatic heterocycles. The van der Waals surface area contributed by atoms with Crippen LogP contribution in [0.15, 0.2) is 48.5 Å². The molecule has 0 saturated heterocycles.